The monoisotopic (exact) mass is 524 g/mol. The first kappa shape index (κ1) is 26.6. The number of nitrogens with zero attached hydrogens (tertiary/aromatic N) is 1. The molecule has 1 aromatic carbocycles. The number of methoxy groups -OCH3 is 1. The van der Waals surface area contributed by atoms with Gasteiger partial charge in [0.05, 0.1) is 17.1 Å². The fraction of sp³-hybridized carbons (Fsp3) is 0.560. The maximum absolute atomic E-state index is 12.9. The van der Waals surface area contributed by atoms with Crippen molar-refractivity contribution in [2.45, 2.75) is 37.4 Å². The predicted molar refractivity (Wildman–Crippen MR) is 130 cm³/mol. The van der Waals surface area contributed by atoms with Crippen molar-refractivity contribution in [3.63, 3.8) is 0 Å². The molecule has 4 rings (SSSR count). The zero-order valence-corrected chi connectivity index (χ0v) is 20.8. The number of nitrogens with one attached hydrogen (secondary N) is 3. The molecule has 1 aromatic heterocycles. The summed E-state index contributed by atoms with van der Waals surface area (Å²) in [6.45, 7) is 1.80. The van der Waals surface area contributed by atoms with E-state index in [1.165, 1.54) is 12.1 Å². The van der Waals surface area contributed by atoms with E-state index in [-0.39, 0.29) is 30.0 Å². The smallest absolute Gasteiger partial charge is 0.384 e. The number of alkyl halides is 3. The Kier molecular flexibility index (Phi) is 8.63. The number of ether oxygens (including phenoxy) is 1. The molecule has 11 heteroatoms. The molecule has 0 bridgehead atoms. The quantitative estimate of drug-likeness (QED) is 0.492. The van der Waals surface area contributed by atoms with Gasteiger partial charge in [-0.15, -0.1) is 11.3 Å². The van der Waals surface area contributed by atoms with Crippen LogP contribution in [0.25, 0.3) is 0 Å². The Hall–Kier alpha value is -2.50. The van der Waals surface area contributed by atoms with Crippen LogP contribution in [0.15, 0.2) is 35.8 Å². The van der Waals surface area contributed by atoms with Crippen LogP contribution in [-0.4, -0.2) is 56.2 Å². The van der Waals surface area contributed by atoms with E-state index in [1.807, 2.05) is 11.6 Å². The summed E-state index contributed by atoms with van der Waals surface area (Å²) in [6.07, 6.45) is 0.344. The van der Waals surface area contributed by atoms with Crippen LogP contribution in [-0.2, 0) is 15.7 Å². The third kappa shape index (κ3) is 6.63. The fourth-order valence-corrected chi connectivity index (χ4v) is 6.32. The molecule has 1 aliphatic heterocycles. The van der Waals surface area contributed by atoms with Gasteiger partial charge in [-0.05, 0) is 55.2 Å². The van der Waals surface area contributed by atoms with Crippen molar-refractivity contribution in [2.75, 3.05) is 33.4 Å². The molecule has 2 heterocycles. The number of carbonyl (C=O) groups excluding carboxylic acids is 2. The summed E-state index contributed by atoms with van der Waals surface area (Å²) in [4.78, 5) is 29.5. The van der Waals surface area contributed by atoms with Gasteiger partial charge in [0.2, 0.25) is 5.91 Å². The second kappa shape index (κ2) is 11.7. The molecular formula is C25H31F3N4O3S. The van der Waals surface area contributed by atoms with Crippen molar-refractivity contribution >= 4 is 23.2 Å². The van der Waals surface area contributed by atoms with E-state index in [0.29, 0.717) is 30.9 Å². The summed E-state index contributed by atoms with van der Waals surface area (Å²) >= 11 is 1.68. The highest BCUT2D eigenvalue weighted by atomic mass is 32.1. The average Bonchev–Trinajstić information content (AvgIpc) is 3.55. The Morgan fingerprint density at radius 2 is 2.06 bits per heavy atom. The summed E-state index contributed by atoms with van der Waals surface area (Å²) in [5, 5.41) is 12.0. The van der Waals surface area contributed by atoms with Crippen LogP contribution < -0.4 is 16.0 Å². The Morgan fingerprint density at radius 1 is 1.22 bits per heavy atom. The second-order valence-electron chi connectivity index (χ2n) is 9.61. The predicted octanol–water partition coefficient (Wildman–Crippen LogP) is 3.44. The van der Waals surface area contributed by atoms with Gasteiger partial charge in [0.15, 0.2) is 0 Å². The summed E-state index contributed by atoms with van der Waals surface area (Å²) < 4.78 is 44.2. The van der Waals surface area contributed by atoms with Gasteiger partial charge < -0.3 is 20.7 Å². The van der Waals surface area contributed by atoms with Gasteiger partial charge in [0.25, 0.3) is 5.91 Å². The van der Waals surface area contributed by atoms with Crippen molar-refractivity contribution < 1.29 is 27.5 Å². The SMILES string of the molecule is COCC1CC(c2nccs2)CC(C2CNC[C@@H]2NC(=O)CNC(=O)c2cccc(C(F)(F)F)c2)C1. The Bertz CT molecular complexity index is 1030. The number of benzene rings is 1. The van der Waals surface area contributed by atoms with Crippen molar-refractivity contribution in [1.82, 2.24) is 20.9 Å². The summed E-state index contributed by atoms with van der Waals surface area (Å²) in [6, 6.07) is 4.05. The number of aromatic nitrogens is 1. The summed E-state index contributed by atoms with van der Waals surface area (Å²) in [5.41, 5.74) is -1.05. The lowest BCUT2D eigenvalue weighted by atomic mass is 9.69. The molecule has 1 saturated heterocycles. The lowest BCUT2D eigenvalue weighted by Gasteiger charge is -2.38. The van der Waals surface area contributed by atoms with E-state index in [0.717, 1.165) is 42.9 Å². The number of rotatable bonds is 8. The van der Waals surface area contributed by atoms with Gasteiger partial charge in [-0.3, -0.25) is 9.59 Å². The van der Waals surface area contributed by atoms with Crippen molar-refractivity contribution in [1.29, 1.82) is 0 Å². The fourth-order valence-electron chi connectivity index (χ4n) is 5.55. The molecule has 2 aliphatic rings. The van der Waals surface area contributed by atoms with Gasteiger partial charge >= 0.3 is 6.18 Å². The van der Waals surface area contributed by atoms with E-state index < -0.39 is 17.6 Å². The van der Waals surface area contributed by atoms with Crippen LogP contribution in [0, 0.1) is 17.8 Å². The van der Waals surface area contributed by atoms with Gasteiger partial charge in [0, 0.05) is 55.9 Å². The zero-order valence-electron chi connectivity index (χ0n) is 20.0. The highest BCUT2D eigenvalue weighted by Gasteiger charge is 2.40. The van der Waals surface area contributed by atoms with Crippen LogP contribution in [0.3, 0.4) is 0 Å². The third-order valence-corrected chi connectivity index (χ3v) is 8.06. The maximum atomic E-state index is 12.9. The molecule has 5 atom stereocenters. The maximum Gasteiger partial charge on any atom is 0.416 e. The van der Waals surface area contributed by atoms with Crippen molar-refractivity contribution in [3.8, 4) is 0 Å². The Balaban J connectivity index is 1.34. The first-order valence-corrected chi connectivity index (χ1v) is 13.0. The lowest BCUT2D eigenvalue weighted by Crippen LogP contribution is -2.47. The highest BCUT2D eigenvalue weighted by Crippen LogP contribution is 2.44. The number of hydrogen-bond donors (Lipinski definition) is 3. The zero-order chi connectivity index (χ0) is 25.7. The van der Waals surface area contributed by atoms with Gasteiger partial charge in [-0.2, -0.15) is 13.2 Å². The van der Waals surface area contributed by atoms with Gasteiger partial charge in [0.1, 0.15) is 0 Å². The Labute approximate surface area is 212 Å². The number of hydrogen-bond acceptors (Lipinski definition) is 6. The highest BCUT2D eigenvalue weighted by molar-refractivity contribution is 7.09. The molecule has 196 valence electrons. The summed E-state index contributed by atoms with van der Waals surface area (Å²) in [7, 11) is 1.72. The topological polar surface area (TPSA) is 92.3 Å². The van der Waals surface area contributed by atoms with E-state index in [1.54, 1.807) is 18.4 Å². The van der Waals surface area contributed by atoms with Gasteiger partial charge in [-0.25, -0.2) is 4.98 Å². The first-order valence-electron chi connectivity index (χ1n) is 12.1. The minimum atomic E-state index is -4.54. The molecule has 3 N–H and O–H groups in total. The molecule has 0 radical (unpaired) electrons. The molecular weight excluding hydrogens is 493 g/mol. The molecule has 4 unspecified atom stereocenters. The van der Waals surface area contributed by atoms with E-state index in [2.05, 4.69) is 20.9 Å². The van der Waals surface area contributed by atoms with Crippen LogP contribution in [0.2, 0.25) is 0 Å². The molecule has 1 aliphatic carbocycles. The summed E-state index contributed by atoms with van der Waals surface area (Å²) in [5.74, 6) is 0.315. The number of carbonyl (C=O) groups is 2. The standard InChI is InChI=1S/C25H31F3N4O3S/c1-35-14-15-7-17(9-18(8-15)24-30-5-6-36-24)20-11-29-12-21(20)32-22(33)13-31-23(34)16-3-2-4-19(10-16)25(26,27)28/h2-6,10,15,17-18,20-21,29H,7-9,11-14H2,1H3,(H,31,34)(H,32,33)/t15?,17?,18?,20?,21-/m0/s1. The third-order valence-electron chi connectivity index (χ3n) is 7.12. The molecule has 0 spiro atoms. The van der Waals surface area contributed by atoms with Crippen LogP contribution in [0.1, 0.15) is 46.1 Å². The van der Waals surface area contributed by atoms with Crippen LogP contribution in [0.4, 0.5) is 13.2 Å². The normalized spacial score (nSPS) is 26.5. The minimum absolute atomic E-state index is 0.0915. The molecule has 1 saturated carbocycles. The van der Waals surface area contributed by atoms with E-state index in [4.69, 9.17) is 4.74 Å². The molecule has 36 heavy (non-hydrogen) atoms. The number of halogens is 3. The van der Waals surface area contributed by atoms with E-state index in [9.17, 15) is 22.8 Å². The average molecular weight is 525 g/mol. The minimum Gasteiger partial charge on any atom is -0.384 e. The van der Waals surface area contributed by atoms with Crippen molar-refractivity contribution in [2.24, 2.45) is 17.8 Å². The van der Waals surface area contributed by atoms with E-state index >= 15 is 0 Å². The molecule has 2 fully saturated rings. The second-order valence-corrected chi connectivity index (χ2v) is 10.5. The van der Waals surface area contributed by atoms with Crippen LogP contribution >= 0.6 is 11.3 Å². The Morgan fingerprint density at radius 3 is 2.78 bits per heavy atom. The van der Waals surface area contributed by atoms with Crippen molar-refractivity contribution in [3.05, 3.63) is 52.0 Å². The molecule has 2 amide bonds. The number of amides is 2. The molecule has 2 aromatic rings. The molecule has 7 nitrogen and oxygen atoms in total. The van der Waals surface area contributed by atoms with Crippen LogP contribution in [0.5, 0.6) is 0 Å². The van der Waals surface area contributed by atoms with Gasteiger partial charge in [-0.1, -0.05) is 6.07 Å². The number of thiazole rings is 1. The lowest BCUT2D eigenvalue weighted by molar-refractivity contribution is -0.137. The largest absolute Gasteiger partial charge is 0.416 e. The first-order chi connectivity index (χ1) is 17.2.